The molecule has 0 heterocycles. The van der Waals surface area contributed by atoms with Gasteiger partial charge < -0.3 is 10.8 Å². The van der Waals surface area contributed by atoms with Crippen LogP contribution >= 0.6 is 0 Å². The number of hydrogen-bond acceptors (Lipinski definition) is 3. The molecule has 0 radical (unpaired) electrons. The van der Waals surface area contributed by atoms with Crippen molar-refractivity contribution in [1.29, 1.82) is 0 Å². The molecule has 0 aromatic rings. The summed E-state index contributed by atoms with van der Waals surface area (Å²) in [5.74, 6) is -1.50. The molecule has 3 atom stereocenters. The third-order valence-corrected chi connectivity index (χ3v) is 3.45. The summed E-state index contributed by atoms with van der Waals surface area (Å²) < 4.78 is 38.1. The van der Waals surface area contributed by atoms with Gasteiger partial charge in [-0.3, -0.25) is 4.79 Å². The minimum Gasteiger partial charge on any atom is -0.389 e. The molecule has 1 fully saturated rings. The molecule has 0 saturated heterocycles. The van der Waals surface area contributed by atoms with Gasteiger partial charge in [0.25, 0.3) is 0 Å². The Hall–Kier alpha value is -0.620. The molecule has 0 bridgehead atoms. The largest absolute Gasteiger partial charge is 0.406 e. The molecule has 1 saturated carbocycles. The number of rotatable bonds is 1. The topological polar surface area (TPSA) is 63.3 Å². The molecule has 0 aromatic carbocycles. The van der Waals surface area contributed by atoms with Crippen LogP contribution in [0.25, 0.3) is 0 Å². The Morgan fingerprint density at radius 2 is 1.94 bits per heavy atom. The van der Waals surface area contributed by atoms with Crippen LogP contribution in [-0.4, -0.2) is 28.2 Å². The molecular weight excluding hydrogens is 223 g/mol. The molecule has 0 amide bonds. The first-order chi connectivity index (χ1) is 7.00. The highest BCUT2D eigenvalue weighted by molar-refractivity contribution is 5.79. The van der Waals surface area contributed by atoms with E-state index in [9.17, 15) is 23.1 Å². The number of hydrogen-bond donors (Lipinski definition) is 2. The maximum Gasteiger partial charge on any atom is 0.406 e. The lowest BCUT2D eigenvalue weighted by atomic mass is 9.67. The van der Waals surface area contributed by atoms with Gasteiger partial charge in [0, 0.05) is 5.92 Å². The van der Waals surface area contributed by atoms with Crippen LogP contribution < -0.4 is 5.73 Å². The molecule has 94 valence electrons. The fourth-order valence-electron chi connectivity index (χ4n) is 2.18. The van der Waals surface area contributed by atoms with E-state index in [1.807, 2.05) is 0 Å². The fraction of sp³-hybridized carbons (Fsp3) is 0.900. The molecule has 6 heteroatoms. The molecular formula is C10H16F3NO2. The molecule has 0 aromatic heterocycles. The Labute approximate surface area is 91.8 Å². The zero-order valence-electron chi connectivity index (χ0n) is 9.27. The van der Waals surface area contributed by atoms with E-state index in [-0.39, 0.29) is 12.8 Å². The van der Waals surface area contributed by atoms with Crippen LogP contribution in [0.5, 0.6) is 0 Å². The number of aliphatic hydroxyl groups is 1. The Morgan fingerprint density at radius 1 is 1.44 bits per heavy atom. The van der Waals surface area contributed by atoms with Crippen molar-refractivity contribution in [2.24, 2.45) is 11.7 Å². The second-order valence-electron chi connectivity index (χ2n) is 4.88. The highest BCUT2D eigenvalue weighted by Crippen LogP contribution is 2.45. The number of Topliss-reactive ketones (excluding diaryl/α,β-unsaturated/α-hetero) is 1. The van der Waals surface area contributed by atoms with Crippen molar-refractivity contribution in [2.45, 2.75) is 50.4 Å². The van der Waals surface area contributed by atoms with Crippen molar-refractivity contribution in [3.63, 3.8) is 0 Å². The normalized spacial score (nSPS) is 40.8. The summed E-state index contributed by atoms with van der Waals surface area (Å²) in [4.78, 5) is 11.2. The van der Waals surface area contributed by atoms with Crippen molar-refractivity contribution < 1.29 is 23.1 Å². The lowest BCUT2D eigenvalue weighted by Gasteiger charge is -2.45. The predicted molar refractivity (Wildman–Crippen MR) is 51.6 cm³/mol. The van der Waals surface area contributed by atoms with Crippen molar-refractivity contribution in [3.8, 4) is 0 Å². The van der Waals surface area contributed by atoms with Gasteiger partial charge in [0.15, 0.2) is 0 Å². The number of carbonyl (C=O) groups excluding carboxylic acids is 1. The Kier molecular flexibility index (Phi) is 3.11. The van der Waals surface area contributed by atoms with Crippen LogP contribution in [0.15, 0.2) is 0 Å². The van der Waals surface area contributed by atoms with Crippen molar-refractivity contribution >= 4 is 5.78 Å². The first kappa shape index (κ1) is 13.4. The summed E-state index contributed by atoms with van der Waals surface area (Å²) in [6.45, 7) is 2.57. The molecule has 0 aliphatic heterocycles. The zero-order chi connectivity index (χ0) is 12.8. The molecule has 1 rings (SSSR count). The van der Waals surface area contributed by atoms with E-state index in [1.165, 1.54) is 13.8 Å². The molecule has 3 unspecified atom stereocenters. The van der Waals surface area contributed by atoms with E-state index >= 15 is 0 Å². The van der Waals surface area contributed by atoms with Crippen LogP contribution in [0, 0.1) is 5.92 Å². The number of nitrogens with two attached hydrogens (primary N) is 1. The average molecular weight is 239 g/mol. The minimum absolute atomic E-state index is 0.118. The number of ketones is 1. The van der Waals surface area contributed by atoms with E-state index < -0.39 is 35.4 Å². The lowest BCUT2D eigenvalue weighted by molar-refractivity contribution is -0.211. The molecule has 3 N–H and O–H groups in total. The van der Waals surface area contributed by atoms with Crippen LogP contribution in [0.3, 0.4) is 0 Å². The third-order valence-electron chi connectivity index (χ3n) is 3.45. The number of carbonyl (C=O) groups is 1. The number of halogens is 3. The fourth-order valence-corrected chi connectivity index (χ4v) is 2.18. The second kappa shape index (κ2) is 3.70. The van der Waals surface area contributed by atoms with E-state index in [2.05, 4.69) is 0 Å². The first-order valence-electron chi connectivity index (χ1n) is 5.08. The predicted octanol–water partition coefficient (Wildman–Crippen LogP) is 1.39. The zero-order valence-corrected chi connectivity index (χ0v) is 9.27. The summed E-state index contributed by atoms with van der Waals surface area (Å²) in [5, 5.41) is 9.86. The van der Waals surface area contributed by atoms with Gasteiger partial charge in [-0.15, -0.1) is 0 Å². The van der Waals surface area contributed by atoms with Crippen LogP contribution in [-0.2, 0) is 4.79 Å². The Morgan fingerprint density at radius 3 is 2.31 bits per heavy atom. The maximum absolute atomic E-state index is 12.7. The second-order valence-corrected chi connectivity index (χ2v) is 4.88. The van der Waals surface area contributed by atoms with Crippen LogP contribution in [0.1, 0.15) is 33.1 Å². The molecule has 0 spiro atoms. The van der Waals surface area contributed by atoms with E-state index in [1.54, 1.807) is 0 Å². The first-order valence-corrected chi connectivity index (χ1v) is 5.08. The van der Waals surface area contributed by atoms with E-state index in [4.69, 9.17) is 5.73 Å². The maximum atomic E-state index is 12.7. The van der Waals surface area contributed by atoms with Crippen molar-refractivity contribution in [3.05, 3.63) is 0 Å². The molecule has 1 aliphatic rings. The van der Waals surface area contributed by atoms with Gasteiger partial charge in [0.1, 0.15) is 11.3 Å². The molecule has 1 aliphatic carbocycles. The van der Waals surface area contributed by atoms with E-state index in [0.29, 0.717) is 0 Å². The highest BCUT2D eigenvalue weighted by Gasteiger charge is 2.58. The smallest absolute Gasteiger partial charge is 0.389 e. The average Bonchev–Trinajstić information content (AvgIpc) is 2.07. The Bertz CT molecular complexity index is 301. The minimum atomic E-state index is -4.54. The van der Waals surface area contributed by atoms with Crippen molar-refractivity contribution in [1.82, 2.24) is 0 Å². The molecule has 16 heavy (non-hydrogen) atoms. The Balaban J connectivity index is 2.98. The quantitative estimate of drug-likeness (QED) is 0.726. The van der Waals surface area contributed by atoms with Crippen LogP contribution in [0.4, 0.5) is 13.2 Å². The standard InChI is InChI=1S/C10H16F3NO2/c1-6(15)7-5-9(14,10(11,12)13)4-3-8(7,2)16/h7,16H,3-5,14H2,1-2H3. The van der Waals surface area contributed by atoms with Gasteiger partial charge in [-0.2, -0.15) is 13.2 Å². The van der Waals surface area contributed by atoms with Crippen LogP contribution in [0.2, 0.25) is 0 Å². The van der Waals surface area contributed by atoms with E-state index in [0.717, 1.165) is 0 Å². The SMILES string of the molecule is CC(=O)C1CC(N)(C(F)(F)F)CCC1(C)O. The van der Waals surface area contributed by atoms with Gasteiger partial charge in [-0.25, -0.2) is 0 Å². The van der Waals surface area contributed by atoms with Crippen molar-refractivity contribution in [2.75, 3.05) is 0 Å². The summed E-state index contributed by atoms with van der Waals surface area (Å²) in [5.41, 5.74) is 1.55. The van der Waals surface area contributed by atoms with Gasteiger partial charge >= 0.3 is 6.18 Å². The number of alkyl halides is 3. The van der Waals surface area contributed by atoms with Gasteiger partial charge in [-0.1, -0.05) is 0 Å². The summed E-state index contributed by atoms with van der Waals surface area (Å²) in [6, 6.07) is 0. The summed E-state index contributed by atoms with van der Waals surface area (Å²) in [7, 11) is 0. The monoisotopic (exact) mass is 239 g/mol. The highest BCUT2D eigenvalue weighted by atomic mass is 19.4. The van der Waals surface area contributed by atoms with Gasteiger partial charge in [0.2, 0.25) is 0 Å². The van der Waals surface area contributed by atoms with Gasteiger partial charge in [0.05, 0.1) is 5.60 Å². The lowest BCUT2D eigenvalue weighted by Crippen LogP contribution is -2.61. The third kappa shape index (κ3) is 2.22. The molecule has 3 nitrogen and oxygen atoms in total. The summed E-state index contributed by atoms with van der Waals surface area (Å²) in [6.07, 6.45) is -5.56. The summed E-state index contributed by atoms with van der Waals surface area (Å²) >= 11 is 0. The van der Waals surface area contributed by atoms with Gasteiger partial charge in [-0.05, 0) is 33.1 Å².